The van der Waals surface area contributed by atoms with Crippen LogP contribution in [0.25, 0.3) is 0 Å². The molecule has 2 aromatic rings. The minimum absolute atomic E-state index is 0.0427. The number of aliphatic hydroxyl groups excluding tert-OH is 1. The molecule has 6 rings (SSSR count). The number of nitrogens with zero attached hydrogens (tertiary/aromatic N) is 4. The molecule has 1 amide bonds. The zero-order chi connectivity index (χ0) is 32.6. The van der Waals surface area contributed by atoms with E-state index < -0.39 is 0 Å². The van der Waals surface area contributed by atoms with Crippen molar-refractivity contribution >= 4 is 28.9 Å². The highest BCUT2D eigenvalue weighted by molar-refractivity contribution is 6.41. The van der Waals surface area contributed by atoms with Crippen LogP contribution in [0, 0.1) is 17.3 Å². The summed E-state index contributed by atoms with van der Waals surface area (Å²) in [5.74, 6) is 0.778. The van der Waals surface area contributed by atoms with Gasteiger partial charge in [-0.25, -0.2) is 4.99 Å². The molecule has 8 nitrogen and oxygen atoms in total. The van der Waals surface area contributed by atoms with Crippen molar-refractivity contribution in [2.45, 2.75) is 97.0 Å². The second kappa shape index (κ2) is 13.5. The Labute approximate surface area is 273 Å². The van der Waals surface area contributed by atoms with Gasteiger partial charge in [-0.15, -0.1) is 0 Å². The van der Waals surface area contributed by atoms with Crippen molar-refractivity contribution in [3.63, 3.8) is 0 Å². The first-order chi connectivity index (χ1) is 21.9. The van der Waals surface area contributed by atoms with Crippen LogP contribution in [0.2, 0.25) is 0 Å². The predicted molar refractivity (Wildman–Crippen MR) is 180 cm³/mol. The molecule has 1 aliphatic carbocycles. The Bertz CT molecular complexity index is 1520. The van der Waals surface area contributed by atoms with Gasteiger partial charge in [0.15, 0.2) is 11.6 Å². The number of benzene rings is 1. The van der Waals surface area contributed by atoms with Crippen LogP contribution in [0.3, 0.4) is 0 Å². The van der Waals surface area contributed by atoms with Crippen LogP contribution in [0.5, 0.6) is 0 Å². The minimum Gasteiger partial charge on any atom is -0.393 e. The number of carbonyl (C=O) groups excluding carboxylic acids is 3. The van der Waals surface area contributed by atoms with Crippen molar-refractivity contribution < 1.29 is 19.5 Å². The third-order valence-electron chi connectivity index (χ3n) is 10.9. The predicted octanol–water partition coefficient (Wildman–Crippen LogP) is 5.50. The van der Waals surface area contributed by atoms with Gasteiger partial charge in [0.05, 0.1) is 23.2 Å². The molecule has 0 radical (unpaired) electrons. The standard InChI is InChI=1S/C38H50N4O4/c1-38(2,3)29-8-9-31-28(19-29)20-32-33(39-31)22-34(40-32)36(45)21-26(10-13-42-14-11-30(43)12-15-42)25-6-5-7-27(18-25)35(44)16-24-17-37(46)41(4)23-24/h5-7,18,20,24,26,29-30,43H,8-17,19,21-23H2,1-4H3/t24?,26-,29-/m0/s1. The van der Waals surface area contributed by atoms with Crippen molar-refractivity contribution in [2.75, 3.05) is 33.2 Å². The Morgan fingerprint density at radius 3 is 2.54 bits per heavy atom. The van der Waals surface area contributed by atoms with E-state index in [9.17, 15) is 19.5 Å². The van der Waals surface area contributed by atoms with Crippen LogP contribution in [-0.2, 0) is 28.9 Å². The van der Waals surface area contributed by atoms with Crippen LogP contribution in [0.15, 0.2) is 35.3 Å². The maximum absolute atomic E-state index is 13.9. The number of aromatic nitrogens is 1. The van der Waals surface area contributed by atoms with Crippen molar-refractivity contribution in [3.05, 3.63) is 58.4 Å². The number of amides is 1. The van der Waals surface area contributed by atoms with Gasteiger partial charge in [0.2, 0.25) is 5.91 Å². The first kappa shape index (κ1) is 32.7. The molecule has 3 aliphatic heterocycles. The number of carbonyl (C=O) groups is 3. The summed E-state index contributed by atoms with van der Waals surface area (Å²) in [5.41, 5.74) is 6.70. The molecule has 1 unspecified atom stereocenters. The lowest BCUT2D eigenvalue weighted by Crippen LogP contribution is -2.37. The first-order valence-corrected chi connectivity index (χ1v) is 17.3. The summed E-state index contributed by atoms with van der Waals surface area (Å²) in [6.07, 6.45) is 6.80. The SMILES string of the molecule is CN1CC(CC(=O)c2cccc([C@@H](CCN3CCC(O)CC3)CC(=O)C3=Nc4cc5c(nc4C3)CC[C@H](C(C)(C)C)C5)c2)CC1=O. The Morgan fingerprint density at radius 2 is 1.83 bits per heavy atom. The van der Waals surface area contributed by atoms with E-state index in [2.05, 4.69) is 31.7 Å². The van der Waals surface area contributed by atoms with Gasteiger partial charge in [-0.05, 0) is 91.5 Å². The van der Waals surface area contributed by atoms with E-state index >= 15 is 0 Å². The van der Waals surface area contributed by atoms with Gasteiger partial charge in [0.1, 0.15) is 0 Å². The monoisotopic (exact) mass is 626 g/mol. The normalized spacial score (nSPS) is 22.8. The quantitative estimate of drug-likeness (QED) is 0.350. The molecule has 3 atom stereocenters. The van der Waals surface area contributed by atoms with E-state index in [0.717, 1.165) is 75.1 Å². The molecular formula is C38H50N4O4. The average Bonchev–Trinajstić information content (AvgIpc) is 3.59. The van der Waals surface area contributed by atoms with Crippen molar-refractivity contribution in [2.24, 2.45) is 22.2 Å². The number of pyridine rings is 1. The van der Waals surface area contributed by atoms with Gasteiger partial charge in [0, 0.05) is 63.6 Å². The number of aryl methyl sites for hydroxylation is 1. The van der Waals surface area contributed by atoms with E-state index in [4.69, 9.17) is 9.98 Å². The molecule has 1 N–H and O–H groups in total. The van der Waals surface area contributed by atoms with Crippen molar-refractivity contribution in [1.29, 1.82) is 0 Å². The second-order valence-electron chi connectivity index (χ2n) is 15.4. The van der Waals surface area contributed by atoms with Gasteiger partial charge < -0.3 is 14.9 Å². The molecule has 4 aliphatic rings. The summed E-state index contributed by atoms with van der Waals surface area (Å²) in [6.45, 7) is 10.1. The van der Waals surface area contributed by atoms with Gasteiger partial charge in [-0.2, -0.15) is 0 Å². The highest BCUT2D eigenvalue weighted by Crippen LogP contribution is 2.39. The lowest BCUT2D eigenvalue weighted by Gasteiger charge is -2.34. The number of aliphatic imine (C=N–C) groups is 1. The van der Waals surface area contributed by atoms with Gasteiger partial charge >= 0.3 is 0 Å². The number of piperidine rings is 1. The second-order valence-corrected chi connectivity index (χ2v) is 15.4. The average molecular weight is 627 g/mol. The zero-order valence-corrected chi connectivity index (χ0v) is 28.1. The Hall–Kier alpha value is -3.23. The molecule has 0 saturated carbocycles. The highest BCUT2D eigenvalue weighted by Gasteiger charge is 2.33. The summed E-state index contributed by atoms with van der Waals surface area (Å²) in [4.78, 5) is 53.2. The number of likely N-dealkylation sites (tertiary alicyclic amines) is 2. The number of rotatable bonds is 10. The number of ketones is 2. The molecule has 1 aromatic carbocycles. The number of hydrogen-bond donors (Lipinski definition) is 1. The minimum atomic E-state index is -0.230. The molecule has 246 valence electrons. The fourth-order valence-corrected chi connectivity index (χ4v) is 7.81. The zero-order valence-electron chi connectivity index (χ0n) is 28.1. The highest BCUT2D eigenvalue weighted by atomic mass is 16.3. The summed E-state index contributed by atoms with van der Waals surface area (Å²) in [5, 5.41) is 9.99. The van der Waals surface area contributed by atoms with E-state index in [-0.39, 0.29) is 40.8 Å². The molecule has 1 aromatic heterocycles. The molecule has 4 heterocycles. The summed E-state index contributed by atoms with van der Waals surface area (Å²) in [7, 11) is 1.79. The van der Waals surface area contributed by atoms with Crippen LogP contribution in [0.1, 0.15) is 105 Å². The summed E-state index contributed by atoms with van der Waals surface area (Å²) < 4.78 is 0. The largest absolute Gasteiger partial charge is 0.393 e. The number of fused-ring (bicyclic) bond motifs is 2. The Balaban J connectivity index is 1.18. The first-order valence-electron chi connectivity index (χ1n) is 17.3. The number of hydrogen-bond acceptors (Lipinski definition) is 7. The molecule has 46 heavy (non-hydrogen) atoms. The van der Waals surface area contributed by atoms with E-state index in [1.165, 1.54) is 11.3 Å². The maximum Gasteiger partial charge on any atom is 0.222 e. The third kappa shape index (κ3) is 7.49. The third-order valence-corrected chi connectivity index (χ3v) is 10.9. The molecule has 2 saturated heterocycles. The molecule has 0 spiro atoms. The maximum atomic E-state index is 13.9. The van der Waals surface area contributed by atoms with Gasteiger partial charge in [-0.1, -0.05) is 39.0 Å². The molecule has 8 heteroatoms. The molecule has 2 fully saturated rings. The van der Waals surface area contributed by atoms with Crippen LogP contribution < -0.4 is 0 Å². The lowest BCUT2D eigenvalue weighted by molar-refractivity contribution is -0.126. The van der Waals surface area contributed by atoms with Gasteiger partial charge in [0.25, 0.3) is 0 Å². The number of aliphatic hydroxyl groups is 1. The smallest absolute Gasteiger partial charge is 0.222 e. The fourth-order valence-electron chi connectivity index (χ4n) is 7.81. The van der Waals surface area contributed by atoms with Crippen molar-refractivity contribution in [1.82, 2.24) is 14.8 Å². The lowest BCUT2D eigenvalue weighted by atomic mass is 9.71. The molecular weight excluding hydrogens is 576 g/mol. The van der Waals surface area contributed by atoms with E-state index in [0.29, 0.717) is 49.4 Å². The van der Waals surface area contributed by atoms with Gasteiger partial charge in [-0.3, -0.25) is 19.4 Å². The Morgan fingerprint density at radius 1 is 1.04 bits per heavy atom. The summed E-state index contributed by atoms with van der Waals surface area (Å²) in [6, 6.07) is 9.96. The Kier molecular flexibility index (Phi) is 9.58. The number of Topliss-reactive ketones (excluding diaryl/α,β-unsaturated/α-hetero) is 2. The molecule has 0 bridgehead atoms. The van der Waals surface area contributed by atoms with E-state index in [1.807, 2.05) is 24.3 Å². The van der Waals surface area contributed by atoms with Crippen molar-refractivity contribution in [3.8, 4) is 0 Å². The topological polar surface area (TPSA) is 103 Å². The summed E-state index contributed by atoms with van der Waals surface area (Å²) >= 11 is 0. The fraction of sp³-hybridized carbons (Fsp3) is 0.605. The van der Waals surface area contributed by atoms with Crippen LogP contribution in [0.4, 0.5) is 5.69 Å². The van der Waals surface area contributed by atoms with E-state index in [1.54, 1.807) is 11.9 Å². The van der Waals surface area contributed by atoms with Crippen LogP contribution >= 0.6 is 0 Å². The van der Waals surface area contributed by atoms with Crippen LogP contribution in [-0.4, -0.2) is 82.4 Å².